The van der Waals surface area contributed by atoms with Crippen LogP contribution < -0.4 is 5.73 Å². The van der Waals surface area contributed by atoms with Crippen molar-refractivity contribution in [1.29, 1.82) is 0 Å². The van der Waals surface area contributed by atoms with Crippen molar-refractivity contribution < 1.29 is 13.9 Å². The first kappa shape index (κ1) is 10.6. The van der Waals surface area contributed by atoms with Crippen molar-refractivity contribution in [2.75, 3.05) is 18.9 Å². The molecule has 0 saturated carbocycles. The van der Waals surface area contributed by atoms with E-state index in [0.717, 1.165) is 13.0 Å². The summed E-state index contributed by atoms with van der Waals surface area (Å²) in [7, 11) is 0. The summed E-state index contributed by atoms with van der Waals surface area (Å²) in [6, 6.07) is 5.50. The fourth-order valence-electron chi connectivity index (χ4n) is 1.91. The van der Waals surface area contributed by atoms with Crippen LogP contribution >= 0.6 is 0 Å². The molecule has 2 aromatic rings. The van der Waals surface area contributed by atoms with Gasteiger partial charge in [-0.25, -0.2) is 4.98 Å². The molecular weight excluding hydrogens is 220 g/mol. The van der Waals surface area contributed by atoms with E-state index in [2.05, 4.69) is 4.98 Å². The van der Waals surface area contributed by atoms with Gasteiger partial charge in [-0.15, -0.1) is 0 Å². The average Bonchev–Trinajstić information content (AvgIpc) is 2.95. The predicted molar refractivity (Wildman–Crippen MR) is 62.4 cm³/mol. The second kappa shape index (κ2) is 4.35. The molecule has 1 aromatic heterocycles. The monoisotopic (exact) mass is 234 g/mol. The summed E-state index contributed by atoms with van der Waals surface area (Å²) in [5.74, 6) is 0.560. The highest BCUT2D eigenvalue weighted by molar-refractivity contribution is 5.85. The Labute approximate surface area is 98.5 Å². The third kappa shape index (κ3) is 2.11. The molecule has 1 atom stereocenters. The lowest BCUT2D eigenvalue weighted by molar-refractivity contribution is 0.0219. The van der Waals surface area contributed by atoms with E-state index in [1.807, 2.05) is 12.1 Å². The number of nitrogens with zero attached hydrogens (tertiary/aromatic N) is 1. The fourth-order valence-corrected chi connectivity index (χ4v) is 1.91. The summed E-state index contributed by atoms with van der Waals surface area (Å²) in [4.78, 5) is 4.32. The van der Waals surface area contributed by atoms with E-state index in [1.54, 1.807) is 6.07 Å². The molecule has 0 bridgehead atoms. The van der Waals surface area contributed by atoms with Gasteiger partial charge in [-0.2, -0.15) is 0 Å². The molecule has 2 heterocycles. The molecule has 1 unspecified atom stereocenters. The van der Waals surface area contributed by atoms with Gasteiger partial charge in [-0.1, -0.05) is 6.07 Å². The number of hydrogen-bond acceptors (Lipinski definition) is 5. The lowest BCUT2D eigenvalue weighted by Crippen LogP contribution is -2.11. The molecule has 17 heavy (non-hydrogen) atoms. The van der Waals surface area contributed by atoms with Crippen LogP contribution in [-0.2, 0) is 16.1 Å². The number of nitrogen functional groups attached to an aromatic ring is 1. The molecule has 2 N–H and O–H groups in total. The Kier molecular flexibility index (Phi) is 2.70. The second-order valence-electron chi connectivity index (χ2n) is 4.10. The van der Waals surface area contributed by atoms with Gasteiger partial charge in [-0.05, 0) is 18.6 Å². The molecule has 0 aliphatic carbocycles. The fraction of sp³-hybridized carbons (Fsp3) is 0.417. The lowest BCUT2D eigenvalue weighted by Gasteiger charge is -2.06. The third-order valence-corrected chi connectivity index (χ3v) is 2.82. The highest BCUT2D eigenvalue weighted by Crippen LogP contribution is 2.22. The summed E-state index contributed by atoms with van der Waals surface area (Å²) < 4.78 is 16.4. The van der Waals surface area contributed by atoms with E-state index >= 15 is 0 Å². The number of nitrogens with two attached hydrogens (primary N) is 1. The van der Waals surface area contributed by atoms with Gasteiger partial charge in [0.05, 0.1) is 18.4 Å². The molecule has 0 radical (unpaired) electrons. The van der Waals surface area contributed by atoms with Crippen LogP contribution in [0.15, 0.2) is 22.6 Å². The zero-order valence-electron chi connectivity index (χ0n) is 9.39. The Bertz CT molecular complexity index is 517. The molecule has 1 aromatic carbocycles. The Morgan fingerprint density at radius 2 is 2.41 bits per heavy atom. The Balaban J connectivity index is 1.74. The van der Waals surface area contributed by atoms with Crippen molar-refractivity contribution in [2.24, 2.45) is 0 Å². The van der Waals surface area contributed by atoms with Crippen molar-refractivity contribution in [3.05, 3.63) is 24.1 Å². The largest absolute Gasteiger partial charge is 0.438 e. The Morgan fingerprint density at radius 1 is 1.47 bits per heavy atom. The van der Waals surface area contributed by atoms with Gasteiger partial charge in [0, 0.05) is 6.61 Å². The summed E-state index contributed by atoms with van der Waals surface area (Å²) in [5, 5.41) is 0. The Hall–Kier alpha value is -1.59. The number of hydrogen-bond donors (Lipinski definition) is 1. The molecule has 3 rings (SSSR count). The number of benzene rings is 1. The minimum Gasteiger partial charge on any atom is -0.438 e. The van der Waals surface area contributed by atoms with Crippen LogP contribution in [0.4, 0.5) is 5.69 Å². The van der Waals surface area contributed by atoms with E-state index in [-0.39, 0.29) is 6.10 Å². The minimum atomic E-state index is 0.155. The summed E-state index contributed by atoms with van der Waals surface area (Å²) in [5.41, 5.74) is 7.83. The first-order chi connectivity index (χ1) is 8.33. The van der Waals surface area contributed by atoms with Crippen LogP contribution in [0.1, 0.15) is 12.3 Å². The van der Waals surface area contributed by atoms with Gasteiger partial charge < -0.3 is 19.6 Å². The molecule has 90 valence electrons. The third-order valence-electron chi connectivity index (χ3n) is 2.82. The van der Waals surface area contributed by atoms with Gasteiger partial charge in [-0.3, -0.25) is 0 Å². The molecule has 1 aliphatic rings. The maximum absolute atomic E-state index is 5.80. The molecule has 5 heteroatoms. The minimum absolute atomic E-state index is 0.155. The van der Waals surface area contributed by atoms with Gasteiger partial charge in [0.15, 0.2) is 5.58 Å². The van der Waals surface area contributed by atoms with E-state index in [4.69, 9.17) is 19.6 Å². The van der Waals surface area contributed by atoms with E-state index < -0.39 is 0 Å². The molecule has 0 spiro atoms. The molecule has 1 aliphatic heterocycles. The SMILES string of the molecule is Nc1cccc2oc(COC3CCOC3)nc12. The predicted octanol–water partition coefficient (Wildman–Crippen LogP) is 1.72. The maximum Gasteiger partial charge on any atom is 0.221 e. The number of rotatable bonds is 3. The van der Waals surface area contributed by atoms with Crippen molar-refractivity contribution in [1.82, 2.24) is 4.98 Å². The standard InChI is InChI=1S/C12H14N2O3/c13-9-2-1-3-10-12(9)14-11(17-10)7-16-8-4-5-15-6-8/h1-3,8H,4-7,13H2. The second-order valence-corrected chi connectivity index (χ2v) is 4.10. The highest BCUT2D eigenvalue weighted by Gasteiger charge is 2.17. The molecule has 1 saturated heterocycles. The van der Waals surface area contributed by atoms with E-state index in [0.29, 0.717) is 35.9 Å². The normalized spacial score (nSPS) is 20.1. The van der Waals surface area contributed by atoms with Crippen LogP contribution in [0.3, 0.4) is 0 Å². The van der Waals surface area contributed by atoms with Crippen LogP contribution in [0.25, 0.3) is 11.1 Å². The summed E-state index contributed by atoms with van der Waals surface area (Å²) in [6.45, 7) is 1.79. The lowest BCUT2D eigenvalue weighted by atomic mass is 10.3. The zero-order valence-corrected chi connectivity index (χ0v) is 9.39. The topological polar surface area (TPSA) is 70.5 Å². The van der Waals surface area contributed by atoms with Crippen LogP contribution in [0, 0.1) is 0 Å². The van der Waals surface area contributed by atoms with Crippen LogP contribution in [0.5, 0.6) is 0 Å². The highest BCUT2D eigenvalue weighted by atomic mass is 16.5. The number of para-hydroxylation sites is 1. The maximum atomic E-state index is 5.80. The van der Waals surface area contributed by atoms with Crippen LogP contribution in [-0.4, -0.2) is 24.3 Å². The van der Waals surface area contributed by atoms with Gasteiger partial charge in [0.1, 0.15) is 12.1 Å². The van der Waals surface area contributed by atoms with Gasteiger partial charge in [0.2, 0.25) is 5.89 Å². The summed E-state index contributed by atoms with van der Waals surface area (Å²) >= 11 is 0. The number of anilines is 1. The molecule has 0 amide bonds. The number of fused-ring (bicyclic) bond motifs is 1. The van der Waals surface area contributed by atoms with E-state index in [9.17, 15) is 0 Å². The molecule has 5 nitrogen and oxygen atoms in total. The summed E-state index contributed by atoms with van der Waals surface area (Å²) in [6.07, 6.45) is 1.09. The average molecular weight is 234 g/mol. The van der Waals surface area contributed by atoms with E-state index in [1.165, 1.54) is 0 Å². The van der Waals surface area contributed by atoms with Crippen molar-refractivity contribution in [3.8, 4) is 0 Å². The first-order valence-electron chi connectivity index (χ1n) is 5.66. The van der Waals surface area contributed by atoms with Crippen molar-refractivity contribution >= 4 is 16.8 Å². The number of ether oxygens (including phenoxy) is 2. The Morgan fingerprint density at radius 3 is 3.18 bits per heavy atom. The zero-order chi connectivity index (χ0) is 11.7. The molecular formula is C12H14N2O3. The number of aromatic nitrogens is 1. The van der Waals surface area contributed by atoms with Crippen LogP contribution in [0.2, 0.25) is 0 Å². The van der Waals surface area contributed by atoms with Gasteiger partial charge in [0.25, 0.3) is 0 Å². The molecule has 1 fully saturated rings. The van der Waals surface area contributed by atoms with Crippen molar-refractivity contribution in [2.45, 2.75) is 19.1 Å². The van der Waals surface area contributed by atoms with Crippen molar-refractivity contribution in [3.63, 3.8) is 0 Å². The first-order valence-corrected chi connectivity index (χ1v) is 5.66. The number of oxazole rings is 1. The van der Waals surface area contributed by atoms with Gasteiger partial charge >= 0.3 is 0 Å². The quantitative estimate of drug-likeness (QED) is 0.819. The smallest absolute Gasteiger partial charge is 0.221 e.